The smallest absolute Gasteiger partial charge is 0.304 e. The van der Waals surface area contributed by atoms with Crippen LogP contribution in [0.2, 0.25) is 0 Å². The fourth-order valence-electron chi connectivity index (χ4n) is 1.52. The molecule has 0 bridgehead atoms. The average Bonchev–Trinajstić information content (AvgIpc) is 2.44. The van der Waals surface area contributed by atoms with Crippen LogP contribution < -0.4 is 0 Å². The first-order valence-corrected chi connectivity index (χ1v) is 7.93. The summed E-state index contributed by atoms with van der Waals surface area (Å²) in [4.78, 5) is 14.8. The Bertz CT molecular complexity index is 577. The van der Waals surface area contributed by atoms with Gasteiger partial charge in [-0.1, -0.05) is 18.2 Å². The molecule has 0 radical (unpaired) electrons. The number of amides is 1. The van der Waals surface area contributed by atoms with Crippen molar-refractivity contribution in [1.82, 2.24) is 0 Å². The normalized spacial score (nSPS) is 13.2. The summed E-state index contributed by atoms with van der Waals surface area (Å²) in [7, 11) is -4.72. The van der Waals surface area contributed by atoms with E-state index in [0.717, 1.165) is 0 Å². The maximum Gasteiger partial charge on any atom is 0.441 e. The minimum Gasteiger partial charge on any atom is -0.304 e. The van der Waals surface area contributed by atoms with Crippen molar-refractivity contribution in [2.45, 2.75) is 20.0 Å². The van der Waals surface area contributed by atoms with Crippen LogP contribution in [-0.2, 0) is 13.6 Å². The van der Waals surface area contributed by atoms with E-state index in [9.17, 15) is 22.5 Å². The van der Waals surface area contributed by atoms with Gasteiger partial charge in [0.05, 0.1) is 13.2 Å². The first-order chi connectivity index (χ1) is 10.2. The average molecular weight is 337 g/mol. The zero-order chi connectivity index (χ0) is 16.8. The Hall–Kier alpha value is -1.50. The van der Waals surface area contributed by atoms with Crippen LogP contribution >= 0.6 is 7.60 Å². The largest absolute Gasteiger partial charge is 0.441 e. The van der Waals surface area contributed by atoms with E-state index < -0.39 is 25.1 Å². The number of hydrogen-bond acceptors (Lipinski definition) is 4. The van der Waals surface area contributed by atoms with Crippen molar-refractivity contribution in [3.8, 4) is 0 Å². The molecule has 0 saturated carbocycles. The van der Waals surface area contributed by atoms with Crippen molar-refractivity contribution in [2.75, 3.05) is 13.2 Å². The van der Waals surface area contributed by atoms with Crippen molar-refractivity contribution >= 4 is 19.0 Å². The molecule has 0 atom stereocenters. The van der Waals surface area contributed by atoms with Gasteiger partial charge in [0.1, 0.15) is 0 Å². The summed E-state index contributed by atoms with van der Waals surface area (Å²) in [5.41, 5.74) is -1.92. The van der Waals surface area contributed by atoms with Crippen molar-refractivity contribution in [1.29, 1.82) is 0 Å². The lowest BCUT2D eigenvalue weighted by molar-refractivity contribution is -0.0574. The lowest BCUT2D eigenvalue weighted by Gasteiger charge is -2.20. The highest BCUT2D eigenvalue weighted by molar-refractivity contribution is 7.72. The Kier molecular flexibility index (Phi) is 6.47. The second-order valence-electron chi connectivity index (χ2n) is 3.94. The van der Waals surface area contributed by atoms with Crippen molar-refractivity contribution < 1.29 is 31.6 Å². The van der Waals surface area contributed by atoms with Crippen LogP contribution in [0, 0.1) is 0 Å². The summed E-state index contributed by atoms with van der Waals surface area (Å²) in [5, 5.41) is 0. The molecule has 5 nitrogen and oxygen atoms in total. The third kappa shape index (κ3) is 4.76. The fraction of sp³-hybridized carbons (Fsp3) is 0.385. The molecule has 0 aliphatic carbocycles. The van der Waals surface area contributed by atoms with Gasteiger partial charge in [-0.05, 0) is 26.0 Å². The zero-order valence-corrected chi connectivity index (χ0v) is 12.9. The maximum atomic E-state index is 13.1. The molecule has 0 aromatic heterocycles. The summed E-state index contributed by atoms with van der Waals surface area (Å²) in [6.07, 6.45) is -5.12. The lowest BCUT2D eigenvalue weighted by Crippen LogP contribution is -2.26. The highest BCUT2D eigenvalue weighted by Gasteiger charge is 2.51. The highest BCUT2D eigenvalue weighted by atomic mass is 31.2. The SMILES string of the molecule is CCOP(=O)(OCC)C(=NC(=O)c1ccccc1)C(F)(F)F. The topological polar surface area (TPSA) is 65.0 Å². The van der Waals surface area contributed by atoms with Gasteiger partial charge in [0.2, 0.25) is 5.45 Å². The molecular weight excluding hydrogens is 322 g/mol. The first-order valence-electron chi connectivity index (χ1n) is 6.39. The number of carbonyl (C=O) groups excluding carboxylic acids is 1. The second kappa shape index (κ2) is 7.67. The van der Waals surface area contributed by atoms with Gasteiger partial charge in [-0.25, -0.2) is 0 Å². The van der Waals surface area contributed by atoms with Crippen LogP contribution in [0.4, 0.5) is 13.2 Å². The summed E-state index contributed by atoms with van der Waals surface area (Å²) < 4.78 is 60.9. The van der Waals surface area contributed by atoms with Gasteiger partial charge >= 0.3 is 13.8 Å². The van der Waals surface area contributed by atoms with E-state index in [0.29, 0.717) is 0 Å². The zero-order valence-electron chi connectivity index (χ0n) is 12.0. The molecular formula is C13H15F3NO4P. The number of alkyl halides is 3. The Labute approximate surface area is 125 Å². The van der Waals surface area contributed by atoms with Gasteiger partial charge in [0.15, 0.2) is 0 Å². The fourth-order valence-corrected chi connectivity index (χ4v) is 3.04. The number of halogens is 3. The Morgan fingerprint density at radius 1 is 1.14 bits per heavy atom. The molecule has 9 heteroatoms. The molecule has 122 valence electrons. The predicted octanol–water partition coefficient (Wildman–Crippen LogP) is 4.05. The van der Waals surface area contributed by atoms with Gasteiger partial charge in [-0.3, -0.25) is 9.36 Å². The van der Waals surface area contributed by atoms with Gasteiger partial charge in [0.25, 0.3) is 5.91 Å². The molecule has 0 N–H and O–H groups in total. The van der Waals surface area contributed by atoms with E-state index in [4.69, 9.17) is 0 Å². The summed E-state index contributed by atoms with van der Waals surface area (Å²) in [5.74, 6) is -1.17. The molecule has 1 amide bonds. The van der Waals surface area contributed by atoms with Gasteiger partial charge < -0.3 is 9.05 Å². The number of nitrogens with zero attached hydrogens (tertiary/aromatic N) is 1. The number of rotatable bonds is 6. The molecule has 0 saturated heterocycles. The lowest BCUT2D eigenvalue weighted by atomic mass is 10.2. The minimum absolute atomic E-state index is 0.0659. The molecule has 1 rings (SSSR count). The minimum atomic E-state index is -5.12. The number of benzene rings is 1. The Morgan fingerprint density at radius 2 is 1.64 bits per heavy atom. The third-order valence-corrected chi connectivity index (χ3v) is 4.41. The summed E-state index contributed by atoms with van der Waals surface area (Å²) in [6, 6.07) is 7.13. The summed E-state index contributed by atoms with van der Waals surface area (Å²) >= 11 is 0. The van der Waals surface area contributed by atoms with E-state index in [1.807, 2.05) is 0 Å². The van der Waals surface area contributed by atoms with Crippen LogP contribution in [0.25, 0.3) is 0 Å². The van der Waals surface area contributed by atoms with Gasteiger partial charge in [-0.15, -0.1) is 0 Å². The van der Waals surface area contributed by atoms with Gasteiger partial charge in [0, 0.05) is 5.56 Å². The van der Waals surface area contributed by atoms with Crippen molar-refractivity contribution in [3.63, 3.8) is 0 Å². The monoisotopic (exact) mass is 337 g/mol. The number of hydrogen-bond donors (Lipinski definition) is 0. The van der Waals surface area contributed by atoms with E-state index in [-0.39, 0.29) is 18.8 Å². The van der Waals surface area contributed by atoms with E-state index in [2.05, 4.69) is 14.0 Å². The Balaban J connectivity index is 3.31. The molecule has 1 aromatic carbocycles. The molecule has 0 spiro atoms. The van der Waals surface area contributed by atoms with Crippen LogP contribution in [0.3, 0.4) is 0 Å². The number of carbonyl (C=O) groups is 1. The quantitative estimate of drug-likeness (QED) is 0.580. The van der Waals surface area contributed by atoms with E-state index >= 15 is 0 Å². The predicted molar refractivity (Wildman–Crippen MR) is 75.1 cm³/mol. The van der Waals surface area contributed by atoms with Crippen LogP contribution in [0.5, 0.6) is 0 Å². The maximum absolute atomic E-state index is 13.1. The highest BCUT2D eigenvalue weighted by Crippen LogP contribution is 2.54. The second-order valence-corrected chi connectivity index (χ2v) is 5.87. The molecule has 1 aromatic rings. The summed E-state index contributed by atoms with van der Waals surface area (Å²) in [6.45, 7) is 2.15. The standard InChI is InChI=1S/C13H15F3NO4P/c1-3-20-22(19,21-4-2)12(13(14,15)16)17-11(18)10-8-6-5-7-9-10/h5-9H,3-4H2,1-2H3. The van der Waals surface area contributed by atoms with Crippen LogP contribution in [0.1, 0.15) is 24.2 Å². The third-order valence-electron chi connectivity index (χ3n) is 2.34. The van der Waals surface area contributed by atoms with Crippen molar-refractivity contribution in [3.05, 3.63) is 35.9 Å². The van der Waals surface area contributed by atoms with Crippen molar-refractivity contribution in [2.24, 2.45) is 4.99 Å². The molecule has 0 unspecified atom stereocenters. The van der Waals surface area contributed by atoms with Crippen LogP contribution in [0.15, 0.2) is 35.3 Å². The molecule has 22 heavy (non-hydrogen) atoms. The van der Waals surface area contributed by atoms with E-state index in [1.165, 1.54) is 38.1 Å². The molecule has 0 aliphatic heterocycles. The van der Waals surface area contributed by atoms with E-state index in [1.54, 1.807) is 6.07 Å². The first kappa shape index (κ1) is 18.5. The Morgan fingerprint density at radius 3 is 2.05 bits per heavy atom. The van der Waals surface area contributed by atoms with Gasteiger partial charge in [-0.2, -0.15) is 18.2 Å². The molecule has 0 aliphatic rings. The number of aliphatic imine (C=N–C) groups is 1. The molecule has 0 heterocycles. The van der Waals surface area contributed by atoms with Crippen LogP contribution in [-0.4, -0.2) is 30.8 Å². The molecule has 0 fully saturated rings.